The Bertz CT molecular complexity index is 435. The van der Waals surface area contributed by atoms with Gasteiger partial charge in [0.15, 0.2) is 0 Å². The zero-order valence-electron chi connectivity index (χ0n) is 13.3. The van der Waals surface area contributed by atoms with Crippen LogP contribution in [-0.2, 0) is 9.63 Å². The van der Waals surface area contributed by atoms with Gasteiger partial charge >= 0.3 is 0 Å². The number of aliphatic hydroxyl groups excluding tert-OH is 1. The van der Waals surface area contributed by atoms with Crippen molar-refractivity contribution in [1.82, 2.24) is 5.32 Å². The normalized spacial score (nSPS) is 15.4. The maximum absolute atomic E-state index is 10.7. The first-order valence-electron chi connectivity index (χ1n) is 7.03. The molecular formula is C16H26N2O3. The lowest BCUT2D eigenvalue weighted by Crippen LogP contribution is -2.19. The van der Waals surface area contributed by atoms with E-state index in [1.54, 1.807) is 6.08 Å². The molecule has 1 rings (SSSR count). The second-order valence-corrected chi connectivity index (χ2v) is 5.05. The quantitative estimate of drug-likeness (QED) is 0.616. The van der Waals surface area contributed by atoms with E-state index in [1.807, 2.05) is 26.8 Å². The van der Waals surface area contributed by atoms with Crippen LogP contribution >= 0.6 is 0 Å². The summed E-state index contributed by atoms with van der Waals surface area (Å²) >= 11 is 0. The molecule has 0 spiro atoms. The van der Waals surface area contributed by atoms with Crippen LogP contribution in [0.3, 0.4) is 0 Å². The average Bonchev–Trinajstić information content (AvgIpc) is 2.43. The van der Waals surface area contributed by atoms with Crippen LogP contribution in [0.5, 0.6) is 0 Å². The number of hydrogen-bond donors (Lipinski definition) is 2. The molecular weight excluding hydrogens is 268 g/mol. The van der Waals surface area contributed by atoms with Gasteiger partial charge in [0.05, 0.1) is 11.4 Å². The fraction of sp³-hybridized carbons (Fsp3) is 0.500. The maximum Gasteiger partial charge on any atom is 0.221 e. The number of oxime groups is 1. The molecule has 21 heavy (non-hydrogen) atoms. The fourth-order valence-corrected chi connectivity index (χ4v) is 1.38. The third-order valence-corrected chi connectivity index (χ3v) is 2.42. The van der Waals surface area contributed by atoms with Gasteiger partial charge in [0, 0.05) is 6.92 Å². The molecule has 0 radical (unpaired) electrons. The molecule has 0 atom stereocenters. The number of aliphatic hydroxyl groups is 1. The number of carbonyl (C=O) groups excluding carboxylic acids is 1. The van der Waals surface area contributed by atoms with E-state index < -0.39 is 0 Å². The summed E-state index contributed by atoms with van der Waals surface area (Å²) in [4.78, 5) is 15.5. The number of nitrogens with one attached hydrogen (secondary N) is 1. The van der Waals surface area contributed by atoms with Crippen LogP contribution in [0.15, 0.2) is 41.4 Å². The minimum absolute atomic E-state index is 0.0175. The molecule has 0 bridgehead atoms. The van der Waals surface area contributed by atoms with Gasteiger partial charge in [-0.2, -0.15) is 0 Å². The Balaban J connectivity index is 0.000000471. The van der Waals surface area contributed by atoms with E-state index in [4.69, 9.17) is 4.84 Å². The van der Waals surface area contributed by atoms with E-state index in [-0.39, 0.29) is 11.7 Å². The van der Waals surface area contributed by atoms with Crippen molar-refractivity contribution < 1.29 is 14.7 Å². The molecule has 0 saturated carbocycles. The summed E-state index contributed by atoms with van der Waals surface area (Å²) in [5.74, 6) is 0.133. The maximum atomic E-state index is 10.7. The molecule has 0 aromatic heterocycles. The smallest absolute Gasteiger partial charge is 0.221 e. The van der Waals surface area contributed by atoms with Gasteiger partial charge in [0.25, 0.3) is 0 Å². The Hall–Kier alpha value is -2.04. The highest BCUT2D eigenvalue weighted by Crippen LogP contribution is 2.04. The van der Waals surface area contributed by atoms with E-state index in [0.29, 0.717) is 11.6 Å². The van der Waals surface area contributed by atoms with Gasteiger partial charge in [-0.05, 0) is 37.8 Å². The third-order valence-electron chi connectivity index (χ3n) is 2.42. The van der Waals surface area contributed by atoms with Gasteiger partial charge in [0.2, 0.25) is 5.91 Å². The molecule has 1 aliphatic rings. The van der Waals surface area contributed by atoms with Gasteiger partial charge in [0.1, 0.15) is 12.4 Å². The van der Waals surface area contributed by atoms with Crippen molar-refractivity contribution in [1.29, 1.82) is 0 Å². The number of rotatable bonds is 4. The van der Waals surface area contributed by atoms with Crippen LogP contribution < -0.4 is 5.32 Å². The van der Waals surface area contributed by atoms with E-state index in [1.165, 1.54) is 13.0 Å². The number of allylic oxidation sites excluding steroid dienone is 3. The lowest BCUT2D eigenvalue weighted by Gasteiger charge is -2.05. The molecule has 0 aromatic carbocycles. The predicted molar refractivity (Wildman–Crippen MR) is 85.9 cm³/mol. The lowest BCUT2D eigenvalue weighted by molar-refractivity contribution is -0.118. The van der Waals surface area contributed by atoms with Crippen LogP contribution in [0.2, 0.25) is 0 Å². The summed E-state index contributed by atoms with van der Waals surface area (Å²) in [6.45, 7) is 11.7. The zero-order valence-corrected chi connectivity index (χ0v) is 13.3. The van der Waals surface area contributed by atoms with Crippen LogP contribution in [0.25, 0.3) is 0 Å². The minimum atomic E-state index is -0.232. The van der Waals surface area contributed by atoms with Crippen LogP contribution in [0.4, 0.5) is 0 Å². The first-order chi connectivity index (χ1) is 9.86. The van der Waals surface area contributed by atoms with E-state index in [0.717, 1.165) is 25.2 Å². The molecule has 5 nitrogen and oxygen atoms in total. The molecule has 0 fully saturated rings. The van der Waals surface area contributed by atoms with Gasteiger partial charge in [-0.1, -0.05) is 31.7 Å². The van der Waals surface area contributed by atoms with Crippen molar-refractivity contribution in [3.8, 4) is 0 Å². The van der Waals surface area contributed by atoms with Crippen molar-refractivity contribution in [2.24, 2.45) is 11.1 Å². The SMILES string of the molecule is C=C/C(NC(C)=O)=C(O)\C=C/C(C)C.CC1=NOCCC1. The molecule has 118 valence electrons. The van der Waals surface area contributed by atoms with Crippen LogP contribution in [-0.4, -0.2) is 23.3 Å². The highest BCUT2D eigenvalue weighted by Gasteiger charge is 2.00. The summed E-state index contributed by atoms with van der Waals surface area (Å²) in [5.41, 5.74) is 1.45. The number of nitrogens with zero attached hydrogens (tertiary/aromatic N) is 1. The summed E-state index contributed by atoms with van der Waals surface area (Å²) in [6.07, 6.45) is 7.04. The Morgan fingerprint density at radius 1 is 1.52 bits per heavy atom. The van der Waals surface area contributed by atoms with E-state index in [2.05, 4.69) is 17.1 Å². The number of hydrogen-bond acceptors (Lipinski definition) is 4. The lowest BCUT2D eigenvalue weighted by atomic mass is 10.2. The Morgan fingerprint density at radius 2 is 2.19 bits per heavy atom. The summed E-state index contributed by atoms with van der Waals surface area (Å²) in [6, 6.07) is 0. The average molecular weight is 294 g/mol. The van der Waals surface area contributed by atoms with E-state index in [9.17, 15) is 9.90 Å². The molecule has 1 amide bonds. The van der Waals surface area contributed by atoms with Gasteiger partial charge in [-0.15, -0.1) is 0 Å². The van der Waals surface area contributed by atoms with E-state index >= 15 is 0 Å². The van der Waals surface area contributed by atoms with Crippen molar-refractivity contribution in [3.05, 3.63) is 36.3 Å². The summed E-state index contributed by atoms with van der Waals surface area (Å²) in [7, 11) is 0. The first-order valence-corrected chi connectivity index (χ1v) is 7.03. The fourth-order valence-electron chi connectivity index (χ4n) is 1.38. The molecule has 1 aliphatic heterocycles. The minimum Gasteiger partial charge on any atom is -0.506 e. The standard InChI is InChI=1S/C11H17NO2.C5H9NO/c1-5-10(12-9(4)13)11(14)7-6-8(2)3;1-5-3-2-4-7-6-5/h5-8,14H,1H2,2-4H3,(H,12,13);2-4H2,1H3/b7-6-,11-10-;. The van der Waals surface area contributed by atoms with Gasteiger partial charge in [-0.3, -0.25) is 4.79 Å². The Kier molecular flexibility index (Phi) is 9.67. The highest BCUT2D eigenvalue weighted by atomic mass is 16.6. The Labute approximate surface area is 127 Å². The molecule has 5 heteroatoms. The molecule has 1 heterocycles. The summed E-state index contributed by atoms with van der Waals surface area (Å²) < 4.78 is 0. The molecule has 0 saturated heterocycles. The Morgan fingerprint density at radius 3 is 2.52 bits per heavy atom. The zero-order chi connectivity index (χ0) is 16.3. The molecule has 0 aliphatic carbocycles. The predicted octanol–water partition coefficient (Wildman–Crippen LogP) is 3.46. The van der Waals surface area contributed by atoms with Crippen molar-refractivity contribution >= 4 is 11.6 Å². The van der Waals surface area contributed by atoms with Crippen molar-refractivity contribution in [2.45, 2.75) is 40.5 Å². The highest BCUT2D eigenvalue weighted by molar-refractivity contribution is 5.81. The topological polar surface area (TPSA) is 70.9 Å². The second kappa shape index (κ2) is 10.7. The second-order valence-electron chi connectivity index (χ2n) is 5.05. The van der Waals surface area contributed by atoms with Crippen LogP contribution in [0.1, 0.15) is 40.5 Å². The molecule has 0 aromatic rings. The molecule has 0 unspecified atom stereocenters. The van der Waals surface area contributed by atoms with Crippen molar-refractivity contribution in [2.75, 3.05) is 6.61 Å². The van der Waals surface area contributed by atoms with Crippen molar-refractivity contribution in [3.63, 3.8) is 0 Å². The first kappa shape index (κ1) is 19.0. The van der Waals surface area contributed by atoms with Gasteiger partial charge in [-0.25, -0.2) is 0 Å². The van der Waals surface area contributed by atoms with Gasteiger partial charge < -0.3 is 15.3 Å². The largest absolute Gasteiger partial charge is 0.506 e. The third kappa shape index (κ3) is 10.4. The summed E-state index contributed by atoms with van der Waals surface area (Å²) in [5, 5.41) is 15.7. The molecule has 2 N–H and O–H groups in total. The number of amides is 1. The number of carbonyl (C=O) groups is 1. The monoisotopic (exact) mass is 294 g/mol. The van der Waals surface area contributed by atoms with Crippen LogP contribution in [0, 0.1) is 5.92 Å².